The van der Waals surface area contributed by atoms with E-state index in [0.29, 0.717) is 0 Å². The third kappa shape index (κ3) is 6.39. The van der Waals surface area contributed by atoms with E-state index in [4.69, 9.17) is 10.8 Å². The van der Waals surface area contributed by atoms with Crippen molar-refractivity contribution in [2.45, 2.75) is 39.3 Å². The average molecular weight is 245 g/mol. The van der Waals surface area contributed by atoms with Gasteiger partial charge in [0.15, 0.2) is 0 Å². The van der Waals surface area contributed by atoms with Gasteiger partial charge in [-0.15, -0.1) is 0 Å². The maximum atomic E-state index is 11.4. The summed E-state index contributed by atoms with van der Waals surface area (Å²) in [7, 11) is 0. The largest absolute Gasteiger partial charge is 0.481 e. The van der Waals surface area contributed by atoms with Crippen LogP contribution >= 0.6 is 0 Å². The predicted octanol–water partition coefficient (Wildman–Crippen LogP) is -0.341. The highest BCUT2D eigenvalue weighted by atomic mass is 16.4. The topological polar surface area (TPSA) is 122 Å². The number of hydrogen-bond acceptors (Lipinski definition) is 3. The molecule has 0 spiro atoms. The van der Waals surface area contributed by atoms with E-state index >= 15 is 0 Å². The smallest absolute Gasteiger partial charge is 0.315 e. The fourth-order valence-corrected chi connectivity index (χ4v) is 1.29. The van der Waals surface area contributed by atoms with E-state index in [2.05, 4.69) is 10.6 Å². The molecule has 2 unspecified atom stereocenters. The SMILES string of the molecule is CC(CC(=O)O)NC(=O)NC(C(N)=O)C(C)C. The first-order chi connectivity index (χ1) is 7.73. The number of urea groups is 1. The van der Waals surface area contributed by atoms with Crippen LogP contribution < -0.4 is 16.4 Å². The highest BCUT2D eigenvalue weighted by Gasteiger charge is 2.22. The minimum absolute atomic E-state index is 0.131. The molecular formula is C10H19N3O4. The van der Waals surface area contributed by atoms with Gasteiger partial charge in [-0.3, -0.25) is 9.59 Å². The number of amides is 3. The average Bonchev–Trinajstić information content (AvgIpc) is 2.11. The number of hydrogen-bond donors (Lipinski definition) is 4. The molecule has 5 N–H and O–H groups in total. The highest BCUT2D eigenvalue weighted by molar-refractivity contribution is 5.86. The Bertz CT molecular complexity index is 304. The number of primary amides is 1. The van der Waals surface area contributed by atoms with Gasteiger partial charge in [-0.2, -0.15) is 0 Å². The standard InChI is InChI=1S/C10H19N3O4/c1-5(2)8(9(11)16)13-10(17)12-6(3)4-7(14)15/h5-6,8H,4H2,1-3H3,(H2,11,16)(H,14,15)(H2,12,13,17). The first kappa shape index (κ1) is 15.2. The molecule has 0 rings (SSSR count). The molecule has 0 saturated carbocycles. The van der Waals surface area contributed by atoms with E-state index in [9.17, 15) is 14.4 Å². The van der Waals surface area contributed by atoms with Crippen molar-refractivity contribution in [1.29, 1.82) is 0 Å². The Kier molecular flexibility index (Phi) is 6.01. The summed E-state index contributed by atoms with van der Waals surface area (Å²) >= 11 is 0. The highest BCUT2D eigenvalue weighted by Crippen LogP contribution is 2.00. The van der Waals surface area contributed by atoms with Crippen molar-refractivity contribution in [2.24, 2.45) is 11.7 Å². The van der Waals surface area contributed by atoms with Crippen LogP contribution in [0.25, 0.3) is 0 Å². The Morgan fingerprint density at radius 3 is 2.06 bits per heavy atom. The Labute approximate surface area is 99.7 Å². The maximum Gasteiger partial charge on any atom is 0.315 e. The van der Waals surface area contributed by atoms with Gasteiger partial charge in [-0.1, -0.05) is 13.8 Å². The lowest BCUT2D eigenvalue weighted by Crippen LogP contribution is -2.52. The van der Waals surface area contributed by atoms with E-state index in [-0.39, 0.29) is 12.3 Å². The number of nitrogens with one attached hydrogen (secondary N) is 2. The molecule has 7 nitrogen and oxygen atoms in total. The molecule has 0 saturated heterocycles. The van der Waals surface area contributed by atoms with Crippen LogP contribution in [0, 0.1) is 5.92 Å². The second-order valence-electron chi connectivity index (χ2n) is 4.24. The lowest BCUT2D eigenvalue weighted by atomic mass is 10.0. The fourth-order valence-electron chi connectivity index (χ4n) is 1.29. The molecule has 98 valence electrons. The molecule has 0 radical (unpaired) electrons. The Hall–Kier alpha value is -1.79. The van der Waals surface area contributed by atoms with Crippen molar-refractivity contribution in [3.05, 3.63) is 0 Å². The number of nitrogens with two attached hydrogens (primary N) is 1. The second-order valence-corrected chi connectivity index (χ2v) is 4.24. The van der Waals surface area contributed by atoms with Gasteiger partial charge in [-0.25, -0.2) is 4.79 Å². The summed E-state index contributed by atoms with van der Waals surface area (Å²) < 4.78 is 0. The molecule has 0 aromatic rings. The summed E-state index contributed by atoms with van der Waals surface area (Å²) in [5.74, 6) is -1.76. The summed E-state index contributed by atoms with van der Waals surface area (Å²) in [6, 6.07) is -1.89. The Morgan fingerprint density at radius 2 is 1.71 bits per heavy atom. The molecule has 7 heteroatoms. The van der Waals surface area contributed by atoms with Crippen molar-refractivity contribution in [3.8, 4) is 0 Å². The van der Waals surface area contributed by atoms with E-state index in [1.807, 2.05) is 0 Å². The number of rotatable bonds is 6. The molecule has 0 heterocycles. The van der Waals surface area contributed by atoms with Crippen LogP contribution in [-0.2, 0) is 9.59 Å². The lowest BCUT2D eigenvalue weighted by Gasteiger charge is -2.20. The van der Waals surface area contributed by atoms with Gasteiger partial charge < -0.3 is 21.5 Å². The van der Waals surface area contributed by atoms with Crippen LogP contribution in [0.15, 0.2) is 0 Å². The van der Waals surface area contributed by atoms with Crippen molar-refractivity contribution in [3.63, 3.8) is 0 Å². The zero-order chi connectivity index (χ0) is 13.6. The summed E-state index contributed by atoms with van der Waals surface area (Å²) in [6.45, 7) is 5.05. The van der Waals surface area contributed by atoms with Crippen molar-refractivity contribution < 1.29 is 19.5 Å². The van der Waals surface area contributed by atoms with Crippen molar-refractivity contribution in [2.75, 3.05) is 0 Å². The quantitative estimate of drug-likeness (QED) is 0.511. The van der Waals surface area contributed by atoms with Gasteiger partial charge in [-0.05, 0) is 12.8 Å². The monoisotopic (exact) mass is 245 g/mol. The Morgan fingerprint density at radius 1 is 1.18 bits per heavy atom. The van der Waals surface area contributed by atoms with Gasteiger partial charge >= 0.3 is 12.0 Å². The zero-order valence-electron chi connectivity index (χ0n) is 10.2. The molecule has 2 atom stereocenters. The van der Waals surface area contributed by atoms with E-state index in [1.54, 1.807) is 20.8 Å². The van der Waals surface area contributed by atoms with E-state index < -0.39 is 30.0 Å². The molecule has 0 aromatic carbocycles. The van der Waals surface area contributed by atoms with Crippen LogP contribution in [0.2, 0.25) is 0 Å². The van der Waals surface area contributed by atoms with E-state index in [0.717, 1.165) is 0 Å². The summed E-state index contributed by atoms with van der Waals surface area (Å²) in [5, 5.41) is 13.3. The third-order valence-corrected chi connectivity index (χ3v) is 2.12. The van der Waals surface area contributed by atoms with Crippen molar-refractivity contribution in [1.82, 2.24) is 10.6 Å². The van der Waals surface area contributed by atoms with Gasteiger partial charge in [0, 0.05) is 6.04 Å². The summed E-state index contributed by atoms with van der Waals surface area (Å²) in [4.78, 5) is 32.8. The summed E-state index contributed by atoms with van der Waals surface area (Å²) in [5.41, 5.74) is 5.12. The van der Waals surface area contributed by atoms with Crippen molar-refractivity contribution >= 4 is 17.9 Å². The molecule has 3 amide bonds. The lowest BCUT2D eigenvalue weighted by molar-refractivity contribution is -0.137. The maximum absolute atomic E-state index is 11.4. The number of aliphatic carboxylic acids is 1. The minimum atomic E-state index is -1.01. The first-order valence-electron chi connectivity index (χ1n) is 5.32. The number of carboxylic acids is 1. The molecule has 0 aliphatic heterocycles. The first-order valence-corrected chi connectivity index (χ1v) is 5.32. The van der Waals surface area contributed by atoms with Gasteiger partial charge in [0.25, 0.3) is 0 Å². The molecule has 0 fully saturated rings. The van der Waals surface area contributed by atoms with Crippen LogP contribution in [0.4, 0.5) is 4.79 Å². The second kappa shape index (κ2) is 6.72. The molecule has 0 aliphatic carbocycles. The van der Waals surface area contributed by atoms with Crippen LogP contribution in [-0.4, -0.2) is 35.1 Å². The summed E-state index contributed by atoms with van der Waals surface area (Å²) in [6.07, 6.45) is -0.184. The van der Waals surface area contributed by atoms with Gasteiger partial charge in [0.05, 0.1) is 6.42 Å². The van der Waals surface area contributed by atoms with E-state index in [1.165, 1.54) is 0 Å². The normalized spacial score (nSPS) is 13.9. The number of carbonyl (C=O) groups excluding carboxylic acids is 2. The molecule has 0 aliphatic rings. The fraction of sp³-hybridized carbons (Fsp3) is 0.700. The number of carbonyl (C=O) groups is 3. The molecule has 0 bridgehead atoms. The number of carboxylic acid groups (broad SMARTS) is 1. The Balaban J connectivity index is 4.24. The van der Waals surface area contributed by atoms with Gasteiger partial charge in [0.2, 0.25) is 5.91 Å². The van der Waals surface area contributed by atoms with Gasteiger partial charge in [0.1, 0.15) is 6.04 Å². The predicted molar refractivity (Wildman–Crippen MR) is 61.2 cm³/mol. The molecular weight excluding hydrogens is 226 g/mol. The van der Waals surface area contributed by atoms with Crippen LogP contribution in [0.1, 0.15) is 27.2 Å². The third-order valence-electron chi connectivity index (χ3n) is 2.12. The zero-order valence-corrected chi connectivity index (χ0v) is 10.2. The van der Waals surface area contributed by atoms with Crippen LogP contribution in [0.3, 0.4) is 0 Å². The molecule has 17 heavy (non-hydrogen) atoms. The molecule has 0 aromatic heterocycles. The minimum Gasteiger partial charge on any atom is -0.481 e. The van der Waals surface area contributed by atoms with Crippen LogP contribution in [0.5, 0.6) is 0 Å².